The highest BCUT2D eigenvalue weighted by molar-refractivity contribution is 7.11. The minimum atomic E-state index is 0.538. The summed E-state index contributed by atoms with van der Waals surface area (Å²) in [7, 11) is 0. The second kappa shape index (κ2) is 4.46. The molecule has 0 amide bonds. The zero-order valence-electron chi connectivity index (χ0n) is 10.8. The van der Waals surface area contributed by atoms with Gasteiger partial charge in [-0.15, -0.1) is 11.3 Å². The van der Waals surface area contributed by atoms with Crippen LogP contribution in [0.15, 0.2) is 0 Å². The number of nitrogens with zero attached hydrogens (tertiary/aromatic N) is 1. The maximum absolute atomic E-state index is 4.46. The van der Waals surface area contributed by atoms with E-state index < -0.39 is 0 Å². The third-order valence-corrected chi connectivity index (χ3v) is 4.59. The van der Waals surface area contributed by atoms with Crippen LogP contribution < -0.4 is 5.32 Å². The van der Waals surface area contributed by atoms with Crippen molar-refractivity contribution in [3.05, 3.63) is 15.6 Å². The van der Waals surface area contributed by atoms with Crippen LogP contribution in [0.5, 0.6) is 0 Å². The molecule has 0 bridgehead atoms. The van der Waals surface area contributed by atoms with Crippen LogP contribution in [0.3, 0.4) is 0 Å². The van der Waals surface area contributed by atoms with Gasteiger partial charge in [-0.3, -0.25) is 0 Å². The summed E-state index contributed by atoms with van der Waals surface area (Å²) in [5, 5.41) is 4.86. The largest absolute Gasteiger partial charge is 0.309 e. The predicted octanol–water partition coefficient (Wildman–Crippen LogP) is 3.43. The first kappa shape index (κ1) is 12.1. The molecule has 1 aliphatic carbocycles. The van der Waals surface area contributed by atoms with Crippen molar-refractivity contribution in [3.63, 3.8) is 0 Å². The maximum atomic E-state index is 4.46. The fourth-order valence-electron chi connectivity index (χ4n) is 2.58. The van der Waals surface area contributed by atoms with E-state index in [4.69, 9.17) is 0 Å². The number of hydrogen-bond acceptors (Lipinski definition) is 3. The van der Waals surface area contributed by atoms with Gasteiger partial charge in [-0.25, -0.2) is 4.98 Å². The van der Waals surface area contributed by atoms with Crippen LogP contribution in [-0.2, 0) is 6.54 Å². The van der Waals surface area contributed by atoms with Crippen molar-refractivity contribution in [1.82, 2.24) is 10.3 Å². The quantitative estimate of drug-likeness (QED) is 0.872. The van der Waals surface area contributed by atoms with Crippen molar-refractivity contribution in [1.29, 1.82) is 0 Å². The summed E-state index contributed by atoms with van der Waals surface area (Å²) in [5.74, 6) is 0. The van der Waals surface area contributed by atoms with Crippen molar-refractivity contribution >= 4 is 11.3 Å². The van der Waals surface area contributed by atoms with Crippen molar-refractivity contribution in [2.45, 2.75) is 59.5 Å². The highest BCUT2D eigenvalue weighted by atomic mass is 32.1. The Bertz CT molecular complexity index is 368. The van der Waals surface area contributed by atoms with Gasteiger partial charge in [-0.05, 0) is 38.5 Å². The van der Waals surface area contributed by atoms with Crippen molar-refractivity contribution in [2.75, 3.05) is 0 Å². The predicted molar refractivity (Wildman–Crippen MR) is 69.8 cm³/mol. The van der Waals surface area contributed by atoms with E-state index in [1.807, 2.05) is 11.3 Å². The Balaban J connectivity index is 1.87. The van der Waals surface area contributed by atoms with Gasteiger partial charge in [0, 0.05) is 17.5 Å². The van der Waals surface area contributed by atoms with Crippen LogP contribution in [0.4, 0.5) is 0 Å². The van der Waals surface area contributed by atoms with Crippen LogP contribution >= 0.6 is 11.3 Å². The average Bonchev–Trinajstić information content (AvgIpc) is 2.66. The molecule has 0 radical (unpaired) electrons. The standard InChI is InChI=1S/C13H22N2S/c1-9-12(16-10(2)15-9)8-14-11-5-6-13(3,4)7-11/h11,14H,5-8H2,1-4H3. The van der Waals surface area contributed by atoms with Gasteiger partial charge in [0.15, 0.2) is 0 Å². The lowest BCUT2D eigenvalue weighted by Crippen LogP contribution is -2.26. The Morgan fingerprint density at radius 2 is 2.19 bits per heavy atom. The van der Waals surface area contributed by atoms with Gasteiger partial charge < -0.3 is 5.32 Å². The van der Waals surface area contributed by atoms with E-state index in [1.165, 1.54) is 34.8 Å². The van der Waals surface area contributed by atoms with E-state index in [9.17, 15) is 0 Å². The molecular formula is C13H22N2S. The normalized spacial score (nSPS) is 23.9. The van der Waals surface area contributed by atoms with Crippen LogP contribution in [0.25, 0.3) is 0 Å². The lowest BCUT2D eigenvalue weighted by molar-refractivity contribution is 0.364. The zero-order chi connectivity index (χ0) is 11.8. The van der Waals surface area contributed by atoms with Crippen molar-refractivity contribution in [3.8, 4) is 0 Å². The first-order valence-corrected chi connectivity index (χ1v) is 6.94. The molecule has 1 saturated carbocycles. The van der Waals surface area contributed by atoms with Gasteiger partial charge in [0.2, 0.25) is 0 Å². The van der Waals surface area contributed by atoms with Crippen LogP contribution in [-0.4, -0.2) is 11.0 Å². The molecule has 2 nitrogen and oxygen atoms in total. The molecule has 0 saturated heterocycles. The molecule has 2 rings (SSSR count). The van der Waals surface area contributed by atoms with Gasteiger partial charge in [-0.2, -0.15) is 0 Å². The Hall–Kier alpha value is -0.410. The molecular weight excluding hydrogens is 216 g/mol. The topological polar surface area (TPSA) is 24.9 Å². The summed E-state index contributed by atoms with van der Waals surface area (Å²) < 4.78 is 0. The molecule has 16 heavy (non-hydrogen) atoms. The van der Waals surface area contributed by atoms with Gasteiger partial charge in [0.1, 0.15) is 0 Å². The number of nitrogens with one attached hydrogen (secondary N) is 1. The molecule has 1 unspecified atom stereocenters. The van der Waals surface area contributed by atoms with Gasteiger partial charge in [-0.1, -0.05) is 13.8 Å². The van der Waals surface area contributed by atoms with Gasteiger partial charge >= 0.3 is 0 Å². The Labute approximate surface area is 102 Å². The smallest absolute Gasteiger partial charge is 0.0900 e. The molecule has 0 aromatic carbocycles. The number of aryl methyl sites for hydroxylation is 2. The van der Waals surface area contributed by atoms with E-state index in [1.54, 1.807) is 0 Å². The molecule has 0 aliphatic heterocycles. The molecule has 0 spiro atoms. The summed E-state index contributed by atoms with van der Waals surface area (Å²) in [5.41, 5.74) is 1.74. The highest BCUT2D eigenvalue weighted by Crippen LogP contribution is 2.37. The third kappa shape index (κ3) is 2.83. The number of rotatable bonds is 3. The van der Waals surface area contributed by atoms with Crippen LogP contribution in [0.1, 0.15) is 48.7 Å². The molecule has 1 aromatic heterocycles. The maximum Gasteiger partial charge on any atom is 0.0900 e. The molecule has 1 aromatic rings. The second-order valence-electron chi connectivity index (χ2n) is 5.73. The van der Waals surface area contributed by atoms with Gasteiger partial charge in [0.25, 0.3) is 0 Å². The van der Waals surface area contributed by atoms with Crippen molar-refractivity contribution < 1.29 is 0 Å². The van der Waals surface area contributed by atoms with Crippen LogP contribution in [0.2, 0.25) is 0 Å². The summed E-state index contributed by atoms with van der Waals surface area (Å²) in [6.45, 7) is 9.94. The molecule has 90 valence electrons. The second-order valence-corrected chi connectivity index (χ2v) is 7.01. The first-order chi connectivity index (χ1) is 7.46. The summed E-state index contributed by atoms with van der Waals surface area (Å²) in [4.78, 5) is 5.87. The number of aromatic nitrogens is 1. The lowest BCUT2D eigenvalue weighted by atomic mass is 9.92. The van der Waals surface area contributed by atoms with E-state index in [-0.39, 0.29) is 0 Å². The summed E-state index contributed by atoms with van der Waals surface area (Å²) in [6, 6.07) is 0.705. The average molecular weight is 238 g/mol. The SMILES string of the molecule is Cc1nc(C)c(CNC2CCC(C)(C)C2)s1. The van der Waals surface area contributed by atoms with E-state index in [0.29, 0.717) is 11.5 Å². The minimum absolute atomic E-state index is 0.538. The summed E-state index contributed by atoms with van der Waals surface area (Å²) >= 11 is 1.82. The minimum Gasteiger partial charge on any atom is -0.309 e. The molecule has 1 fully saturated rings. The van der Waals surface area contributed by atoms with E-state index in [2.05, 4.69) is 38.0 Å². The fourth-order valence-corrected chi connectivity index (χ4v) is 3.47. The fraction of sp³-hybridized carbons (Fsp3) is 0.769. The number of hydrogen-bond donors (Lipinski definition) is 1. The summed E-state index contributed by atoms with van der Waals surface area (Å²) in [6.07, 6.45) is 3.99. The first-order valence-electron chi connectivity index (χ1n) is 6.12. The molecule has 1 aliphatic rings. The lowest BCUT2D eigenvalue weighted by Gasteiger charge is -2.17. The highest BCUT2D eigenvalue weighted by Gasteiger charge is 2.30. The Kier molecular flexibility index (Phi) is 3.36. The number of thiazole rings is 1. The van der Waals surface area contributed by atoms with E-state index in [0.717, 1.165) is 6.54 Å². The van der Waals surface area contributed by atoms with Crippen LogP contribution in [0, 0.1) is 19.3 Å². The molecule has 1 N–H and O–H groups in total. The monoisotopic (exact) mass is 238 g/mol. The Morgan fingerprint density at radius 3 is 2.69 bits per heavy atom. The van der Waals surface area contributed by atoms with Gasteiger partial charge in [0.05, 0.1) is 10.7 Å². The van der Waals surface area contributed by atoms with Crippen molar-refractivity contribution in [2.24, 2.45) is 5.41 Å². The molecule has 3 heteroatoms. The third-order valence-electron chi connectivity index (χ3n) is 3.52. The molecule has 1 atom stereocenters. The molecule has 1 heterocycles. The van der Waals surface area contributed by atoms with E-state index >= 15 is 0 Å². The Morgan fingerprint density at radius 1 is 1.44 bits per heavy atom. The zero-order valence-corrected chi connectivity index (χ0v) is 11.6.